The minimum absolute atomic E-state index is 0.194. The molecule has 0 spiro atoms. The Kier molecular flexibility index (Phi) is 2.16. The van der Waals surface area contributed by atoms with E-state index in [0.717, 1.165) is 15.9 Å². The highest BCUT2D eigenvalue weighted by Gasteiger charge is 2.07. The highest BCUT2D eigenvalue weighted by Crippen LogP contribution is 2.19. The molecule has 0 aliphatic heterocycles. The third kappa shape index (κ3) is 1.55. The molecule has 0 fully saturated rings. The third-order valence-corrected chi connectivity index (χ3v) is 2.87. The average Bonchev–Trinajstić information content (AvgIpc) is 2.65. The molecule has 0 bridgehead atoms. The van der Waals surface area contributed by atoms with Gasteiger partial charge >= 0.3 is 5.69 Å². The second-order valence-corrected chi connectivity index (χ2v) is 4.03. The summed E-state index contributed by atoms with van der Waals surface area (Å²) in [7, 11) is 1.66. The van der Waals surface area contributed by atoms with Gasteiger partial charge in [0.1, 0.15) is 0 Å². The van der Waals surface area contributed by atoms with Crippen molar-refractivity contribution in [2.24, 2.45) is 7.05 Å². The van der Waals surface area contributed by atoms with Gasteiger partial charge in [0.2, 0.25) is 0 Å². The van der Waals surface area contributed by atoms with Crippen LogP contribution in [0.3, 0.4) is 0 Å². The first-order chi connectivity index (χ1) is 8.65. The third-order valence-electron chi connectivity index (χ3n) is 2.87. The van der Waals surface area contributed by atoms with Gasteiger partial charge in [0, 0.05) is 30.9 Å². The SMILES string of the molecule is Cn1c(=O)[nH]c2cc(-c3cc[n+]([O-])cc3)cnc21. The maximum atomic E-state index is 11.5. The fourth-order valence-corrected chi connectivity index (χ4v) is 1.88. The summed E-state index contributed by atoms with van der Waals surface area (Å²) in [6.45, 7) is 0. The number of hydrogen-bond acceptors (Lipinski definition) is 3. The number of rotatable bonds is 1. The molecule has 18 heavy (non-hydrogen) atoms. The van der Waals surface area contributed by atoms with Gasteiger partial charge in [0.05, 0.1) is 5.52 Å². The van der Waals surface area contributed by atoms with Gasteiger partial charge in [-0.05, 0) is 11.6 Å². The summed E-state index contributed by atoms with van der Waals surface area (Å²) < 4.78 is 2.18. The number of H-pyrrole nitrogens is 1. The molecule has 90 valence electrons. The molecular weight excluding hydrogens is 232 g/mol. The second-order valence-electron chi connectivity index (χ2n) is 4.03. The van der Waals surface area contributed by atoms with Crippen molar-refractivity contribution >= 4 is 11.2 Å². The van der Waals surface area contributed by atoms with Gasteiger partial charge in [-0.1, -0.05) is 0 Å². The van der Waals surface area contributed by atoms with E-state index < -0.39 is 0 Å². The molecule has 0 radical (unpaired) electrons. The van der Waals surface area contributed by atoms with E-state index in [1.807, 2.05) is 6.07 Å². The lowest BCUT2D eigenvalue weighted by Crippen LogP contribution is -2.23. The fourth-order valence-electron chi connectivity index (χ4n) is 1.88. The molecule has 6 heteroatoms. The maximum absolute atomic E-state index is 11.5. The first kappa shape index (κ1) is 10.5. The van der Waals surface area contributed by atoms with Crippen molar-refractivity contribution in [3.8, 4) is 11.1 Å². The molecule has 6 nitrogen and oxygen atoms in total. The van der Waals surface area contributed by atoms with Gasteiger partial charge < -0.3 is 10.2 Å². The van der Waals surface area contributed by atoms with Crippen LogP contribution in [0.2, 0.25) is 0 Å². The summed E-state index contributed by atoms with van der Waals surface area (Å²) in [5, 5.41) is 11.0. The van der Waals surface area contributed by atoms with Crippen LogP contribution in [0.4, 0.5) is 0 Å². The van der Waals surface area contributed by atoms with Gasteiger partial charge in [-0.25, -0.2) is 9.78 Å². The molecule has 0 saturated carbocycles. The lowest BCUT2D eigenvalue weighted by Gasteiger charge is -2.01. The van der Waals surface area contributed by atoms with Crippen LogP contribution in [-0.4, -0.2) is 14.5 Å². The Labute approximate surface area is 102 Å². The predicted molar refractivity (Wildman–Crippen MR) is 65.7 cm³/mol. The van der Waals surface area contributed by atoms with Crippen molar-refractivity contribution in [2.45, 2.75) is 0 Å². The van der Waals surface area contributed by atoms with Gasteiger partial charge in [-0.15, -0.1) is 0 Å². The summed E-state index contributed by atoms with van der Waals surface area (Å²) in [6, 6.07) is 5.25. The van der Waals surface area contributed by atoms with Crippen molar-refractivity contribution in [2.75, 3.05) is 0 Å². The molecule has 3 rings (SSSR count). The van der Waals surface area contributed by atoms with E-state index >= 15 is 0 Å². The quantitative estimate of drug-likeness (QED) is 0.500. The zero-order chi connectivity index (χ0) is 12.7. The van der Waals surface area contributed by atoms with Crippen LogP contribution in [0.15, 0.2) is 41.6 Å². The summed E-state index contributed by atoms with van der Waals surface area (Å²) in [4.78, 5) is 18.4. The van der Waals surface area contributed by atoms with Crippen molar-refractivity contribution in [3.05, 3.63) is 52.5 Å². The monoisotopic (exact) mass is 242 g/mol. The number of aryl methyl sites for hydroxylation is 1. The Morgan fingerprint density at radius 3 is 2.78 bits per heavy atom. The zero-order valence-corrected chi connectivity index (χ0v) is 9.62. The molecule has 0 aliphatic rings. The second kappa shape index (κ2) is 3.69. The molecule has 1 N–H and O–H groups in total. The van der Waals surface area contributed by atoms with Gasteiger partial charge in [0.25, 0.3) is 0 Å². The Bertz CT molecular complexity index is 771. The van der Waals surface area contributed by atoms with Crippen LogP contribution in [0.1, 0.15) is 0 Å². The Morgan fingerprint density at radius 2 is 2.06 bits per heavy atom. The lowest BCUT2D eigenvalue weighted by molar-refractivity contribution is -0.605. The van der Waals surface area contributed by atoms with Crippen LogP contribution < -0.4 is 10.4 Å². The predicted octanol–water partition coefficient (Wildman–Crippen LogP) is 0.562. The Balaban J connectivity index is 2.19. The number of nitrogens with zero attached hydrogens (tertiary/aromatic N) is 3. The van der Waals surface area contributed by atoms with Gasteiger partial charge in [-0.3, -0.25) is 4.57 Å². The number of aromatic amines is 1. The first-order valence-electron chi connectivity index (χ1n) is 5.39. The van der Waals surface area contributed by atoms with E-state index in [-0.39, 0.29) is 5.69 Å². The van der Waals surface area contributed by atoms with E-state index in [1.54, 1.807) is 25.4 Å². The number of imidazole rings is 1. The summed E-state index contributed by atoms with van der Waals surface area (Å²) in [6.07, 6.45) is 4.53. The summed E-state index contributed by atoms with van der Waals surface area (Å²) >= 11 is 0. The number of pyridine rings is 2. The molecule has 0 saturated heterocycles. The van der Waals surface area contributed by atoms with Crippen LogP contribution in [0, 0.1) is 5.21 Å². The molecule has 0 unspecified atom stereocenters. The summed E-state index contributed by atoms with van der Waals surface area (Å²) in [5.74, 6) is 0. The number of nitrogens with one attached hydrogen (secondary N) is 1. The van der Waals surface area contributed by atoms with Crippen LogP contribution in [-0.2, 0) is 7.05 Å². The van der Waals surface area contributed by atoms with Crippen molar-refractivity contribution in [3.63, 3.8) is 0 Å². The van der Waals surface area contributed by atoms with Gasteiger partial charge in [-0.2, -0.15) is 4.73 Å². The van der Waals surface area contributed by atoms with Gasteiger partial charge in [0.15, 0.2) is 18.0 Å². The van der Waals surface area contributed by atoms with Crippen LogP contribution in [0.25, 0.3) is 22.3 Å². The maximum Gasteiger partial charge on any atom is 0.327 e. The summed E-state index contributed by atoms with van der Waals surface area (Å²) in [5.41, 5.74) is 2.82. The van der Waals surface area contributed by atoms with Crippen molar-refractivity contribution in [1.82, 2.24) is 14.5 Å². The van der Waals surface area contributed by atoms with Crippen LogP contribution >= 0.6 is 0 Å². The molecule has 0 aromatic carbocycles. The highest BCUT2D eigenvalue weighted by molar-refractivity contribution is 5.77. The molecular formula is C12H10N4O2. The van der Waals surface area contributed by atoms with E-state index in [2.05, 4.69) is 9.97 Å². The topological polar surface area (TPSA) is 77.6 Å². The lowest BCUT2D eigenvalue weighted by atomic mass is 10.1. The molecule has 3 aromatic rings. The minimum atomic E-state index is -0.194. The van der Waals surface area contributed by atoms with Crippen molar-refractivity contribution in [1.29, 1.82) is 0 Å². The van der Waals surface area contributed by atoms with Crippen LogP contribution in [0.5, 0.6) is 0 Å². The van der Waals surface area contributed by atoms with Crippen molar-refractivity contribution < 1.29 is 4.73 Å². The molecule has 3 aromatic heterocycles. The molecule has 0 atom stereocenters. The van der Waals surface area contributed by atoms with E-state index in [4.69, 9.17) is 0 Å². The number of hydrogen-bond donors (Lipinski definition) is 1. The first-order valence-corrected chi connectivity index (χ1v) is 5.39. The van der Waals surface area contributed by atoms with E-state index in [9.17, 15) is 10.0 Å². The Hall–Kier alpha value is -2.63. The number of fused-ring (bicyclic) bond motifs is 1. The molecule has 3 heterocycles. The Morgan fingerprint density at radius 1 is 1.33 bits per heavy atom. The fraction of sp³-hybridized carbons (Fsp3) is 0.0833. The average molecular weight is 242 g/mol. The normalized spacial score (nSPS) is 10.9. The zero-order valence-electron chi connectivity index (χ0n) is 9.62. The largest absolute Gasteiger partial charge is 0.619 e. The van der Waals surface area contributed by atoms with E-state index in [1.165, 1.54) is 17.0 Å². The standard InChI is InChI=1S/C12H10N4O2/c1-15-11-10(14-12(15)17)6-9(7-13-11)8-2-4-16(18)5-3-8/h2-7H,1H3,(H,14,17). The smallest absolute Gasteiger partial charge is 0.327 e. The highest BCUT2D eigenvalue weighted by atomic mass is 16.5. The van der Waals surface area contributed by atoms with E-state index in [0.29, 0.717) is 11.2 Å². The minimum Gasteiger partial charge on any atom is -0.619 e. The number of aromatic nitrogens is 4. The molecule has 0 amide bonds. The molecule has 0 aliphatic carbocycles.